The fraction of sp³-hybridized carbons (Fsp3) is 0.0930. The highest BCUT2D eigenvalue weighted by molar-refractivity contribution is 5.96. The van der Waals surface area contributed by atoms with E-state index in [2.05, 4.69) is 133 Å². The Balaban J connectivity index is 1.29. The van der Waals surface area contributed by atoms with E-state index < -0.39 is 0 Å². The number of hydrazone groups is 1. The summed E-state index contributed by atoms with van der Waals surface area (Å²) in [5.74, 6) is 0.784. The minimum atomic E-state index is 0.458. The standard InChI is InChI=1S/C43H39N3O2/c1-3-30-47-32-29-34-17-21-38(22-18-34)45(37-13-6-5-7-14-37)39-23-19-35(20-24-39)33-44-46(40-25-27-41(28-26-40)48-31-4-2)43-16-10-12-36-11-8-9-15-42(36)43/h3-28,33H,1-2,29-32H2. The van der Waals surface area contributed by atoms with E-state index in [1.807, 2.05) is 41.6 Å². The minimum Gasteiger partial charge on any atom is -0.490 e. The molecule has 0 saturated carbocycles. The fourth-order valence-electron chi connectivity index (χ4n) is 5.53. The van der Waals surface area contributed by atoms with Crippen LogP contribution in [0.15, 0.2) is 176 Å². The van der Waals surface area contributed by atoms with E-state index in [-0.39, 0.29) is 0 Å². The van der Waals surface area contributed by atoms with Gasteiger partial charge in [0.05, 0.1) is 30.8 Å². The Kier molecular flexibility index (Phi) is 10.7. The van der Waals surface area contributed by atoms with Gasteiger partial charge in [-0.25, -0.2) is 5.01 Å². The van der Waals surface area contributed by atoms with Gasteiger partial charge in [-0.2, -0.15) is 5.10 Å². The van der Waals surface area contributed by atoms with Crippen LogP contribution in [-0.2, 0) is 11.2 Å². The van der Waals surface area contributed by atoms with Gasteiger partial charge >= 0.3 is 0 Å². The monoisotopic (exact) mass is 629 g/mol. The second kappa shape index (κ2) is 16.1. The maximum absolute atomic E-state index is 5.73. The summed E-state index contributed by atoms with van der Waals surface area (Å²) in [6, 6.07) is 50.2. The first-order valence-corrected chi connectivity index (χ1v) is 16.1. The topological polar surface area (TPSA) is 37.3 Å². The molecule has 0 aliphatic rings. The number of benzene rings is 6. The van der Waals surface area contributed by atoms with Crippen molar-refractivity contribution in [1.29, 1.82) is 0 Å². The molecule has 0 atom stereocenters. The van der Waals surface area contributed by atoms with Gasteiger partial charge in [-0.1, -0.05) is 97.6 Å². The van der Waals surface area contributed by atoms with Crippen molar-refractivity contribution in [2.24, 2.45) is 5.10 Å². The van der Waals surface area contributed by atoms with Crippen molar-refractivity contribution in [1.82, 2.24) is 0 Å². The van der Waals surface area contributed by atoms with Crippen LogP contribution in [0.25, 0.3) is 10.8 Å². The lowest BCUT2D eigenvalue weighted by Crippen LogP contribution is -2.11. The Bertz CT molecular complexity index is 1950. The van der Waals surface area contributed by atoms with Gasteiger partial charge in [0.2, 0.25) is 0 Å². The van der Waals surface area contributed by atoms with E-state index in [0.717, 1.165) is 56.9 Å². The normalized spacial score (nSPS) is 11.0. The van der Waals surface area contributed by atoms with Crippen molar-refractivity contribution < 1.29 is 9.47 Å². The molecule has 0 unspecified atom stereocenters. The molecule has 238 valence electrons. The highest BCUT2D eigenvalue weighted by Gasteiger charge is 2.14. The lowest BCUT2D eigenvalue weighted by molar-refractivity contribution is 0.166. The Morgan fingerprint density at radius 1 is 0.583 bits per heavy atom. The molecule has 0 fully saturated rings. The van der Waals surface area contributed by atoms with E-state index in [9.17, 15) is 0 Å². The number of hydrogen-bond donors (Lipinski definition) is 0. The summed E-state index contributed by atoms with van der Waals surface area (Å²) in [6.45, 7) is 9.16. The number of nitrogens with zero attached hydrogens (tertiary/aromatic N) is 3. The molecular weight excluding hydrogens is 590 g/mol. The zero-order valence-electron chi connectivity index (χ0n) is 27.0. The molecule has 6 rings (SSSR count). The van der Waals surface area contributed by atoms with Crippen molar-refractivity contribution in [2.45, 2.75) is 6.42 Å². The van der Waals surface area contributed by atoms with Gasteiger partial charge in [-0.05, 0) is 89.7 Å². The second-order valence-corrected chi connectivity index (χ2v) is 11.2. The number of anilines is 5. The van der Waals surface area contributed by atoms with Crippen molar-refractivity contribution in [3.8, 4) is 5.75 Å². The molecule has 6 aromatic rings. The average Bonchev–Trinajstić information content (AvgIpc) is 3.15. The van der Waals surface area contributed by atoms with Crippen LogP contribution in [0.3, 0.4) is 0 Å². The summed E-state index contributed by atoms with van der Waals surface area (Å²) < 4.78 is 11.3. The smallest absolute Gasteiger partial charge is 0.119 e. The van der Waals surface area contributed by atoms with E-state index in [1.54, 1.807) is 12.2 Å². The molecule has 0 bridgehead atoms. The Labute approximate surface area is 283 Å². The molecule has 0 N–H and O–H groups in total. The number of ether oxygens (including phenoxy) is 2. The van der Waals surface area contributed by atoms with Crippen LogP contribution in [0, 0.1) is 0 Å². The van der Waals surface area contributed by atoms with E-state index >= 15 is 0 Å². The summed E-state index contributed by atoms with van der Waals surface area (Å²) in [6.07, 6.45) is 6.28. The SMILES string of the molecule is C=CCOCCc1ccc(N(c2ccccc2)c2ccc(C=NN(c3ccc(OCC=C)cc3)c3cccc4ccccc34)cc2)cc1. The van der Waals surface area contributed by atoms with Gasteiger partial charge in [-0.3, -0.25) is 0 Å². The maximum Gasteiger partial charge on any atom is 0.119 e. The summed E-state index contributed by atoms with van der Waals surface area (Å²) in [5, 5.41) is 9.29. The highest BCUT2D eigenvalue weighted by atomic mass is 16.5. The largest absolute Gasteiger partial charge is 0.490 e. The van der Waals surface area contributed by atoms with Gasteiger partial charge in [0.25, 0.3) is 0 Å². The summed E-state index contributed by atoms with van der Waals surface area (Å²) in [4.78, 5) is 2.26. The van der Waals surface area contributed by atoms with Gasteiger partial charge < -0.3 is 14.4 Å². The first-order chi connectivity index (χ1) is 23.7. The second-order valence-electron chi connectivity index (χ2n) is 11.2. The maximum atomic E-state index is 5.73. The van der Waals surface area contributed by atoms with Gasteiger partial charge in [-0.15, -0.1) is 6.58 Å². The van der Waals surface area contributed by atoms with Gasteiger partial charge in [0.1, 0.15) is 12.4 Å². The van der Waals surface area contributed by atoms with Crippen LogP contribution in [0.5, 0.6) is 5.75 Å². The molecule has 0 radical (unpaired) electrons. The third-order valence-electron chi connectivity index (χ3n) is 7.90. The molecule has 0 heterocycles. The van der Waals surface area contributed by atoms with E-state index in [4.69, 9.17) is 14.6 Å². The van der Waals surface area contributed by atoms with Crippen LogP contribution in [0.2, 0.25) is 0 Å². The van der Waals surface area contributed by atoms with Crippen molar-refractivity contribution in [3.05, 3.63) is 182 Å². The summed E-state index contributed by atoms with van der Waals surface area (Å²) in [7, 11) is 0. The van der Waals surface area contributed by atoms with E-state index in [0.29, 0.717) is 19.8 Å². The van der Waals surface area contributed by atoms with Crippen LogP contribution in [0.1, 0.15) is 11.1 Å². The molecular formula is C43H39N3O2. The average molecular weight is 630 g/mol. The molecule has 48 heavy (non-hydrogen) atoms. The van der Waals surface area contributed by atoms with Gasteiger partial charge in [0.15, 0.2) is 0 Å². The van der Waals surface area contributed by atoms with Gasteiger partial charge in [0, 0.05) is 22.4 Å². The Morgan fingerprint density at radius 3 is 1.94 bits per heavy atom. The molecule has 0 saturated heterocycles. The van der Waals surface area contributed by atoms with Crippen molar-refractivity contribution in [3.63, 3.8) is 0 Å². The summed E-state index contributed by atoms with van der Waals surface area (Å²) in [5.41, 5.74) is 7.36. The Morgan fingerprint density at radius 2 is 1.21 bits per heavy atom. The Hall–Kier alpha value is -5.91. The first-order valence-electron chi connectivity index (χ1n) is 16.1. The predicted molar refractivity (Wildman–Crippen MR) is 202 cm³/mol. The van der Waals surface area contributed by atoms with Crippen LogP contribution in [-0.4, -0.2) is 26.0 Å². The zero-order valence-corrected chi connectivity index (χ0v) is 27.0. The molecule has 0 spiro atoms. The molecule has 5 nitrogen and oxygen atoms in total. The lowest BCUT2D eigenvalue weighted by atomic mass is 10.1. The third kappa shape index (κ3) is 7.89. The van der Waals surface area contributed by atoms with Crippen molar-refractivity contribution in [2.75, 3.05) is 29.7 Å². The molecule has 0 aromatic heterocycles. The number of para-hydroxylation sites is 1. The van der Waals surface area contributed by atoms with Crippen molar-refractivity contribution >= 4 is 45.4 Å². The number of rotatable bonds is 15. The van der Waals surface area contributed by atoms with Crippen LogP contribution in [0.4, 0.5) is 28.4 Å². The zero-order chi connectivity index (χ0) is 33.0. The number of hydrogen-bond acceptors (Lipinski definition) is 5. The highest BCUT2D eigenvalue weighted by Crippen LogP contribution is 2.36. The quantitative estimate of drug-likeness (QED) is 0.0490. The minimum absolute atomic E-state index is 0.458. The van der Waals surface area contributed by atoms with Crippen LogP contribution >= 0.6 is 0 Å². The lowest BCUT2D eigenvalue weighted by Gasteiger charge is -2.25. The molecule has 6 aromatic carbocycles. The number of fused-ring (bicyclic) bond motifs is 1. The molecule has 0 aliphatic heterocycles. The molecule has 5 heteroatoms. The van der Waals surface area contributed by atoms with E-state index in [1.165, 1.54) is 5.56 Å². The third-order valence-corrected chi connectivity index (χ3v) is 7.90. The first kappa shape index (κ1) is 32.0. The molecule has 0 aliphatic carbocycles. The fourth-order valence-corrected chi connectivity index (χ4v) is 5.53. The molecule has 0 amide bonds. The van der Waals surface area contributed by atoms with Crippen LogP contribution < -0.4 is 14.6 Å². The summed E-state index contributed by atoms with van der Waals surface area (Å²) >= 11 is 0. The predicted octanol–water partition coefficient (Wildman–Crippen LogP) is 10.8.